The number of nitrogens with zero attached hydrogens (tertiary/aromatic N) is 2. The van der Waals surface area contributed by atoms with Crippen LogP contribution in [0.4, 0.5) is 0 Å². The molecule has 1 heterocycles. The summed E-state index contributed by atoms with van der Waals surface area (Å²) in [5.74, 6) is -1.65. The molecule has 0 bridgehead atoms. The van der Waals surface area contributed by atoms with Crippen LogP contribution in [-0.2, 0) is 14.8 Å². The van der Waals surface area contributed by atoms with Crippen LogP contribution < -0.4 is 0 Å². The van der Waals surface area contributed by atoms with Gasteiger partial charge >= 0.3 is 5.97 Å². The van der Waals surface area contributed by atoms with Gasteiger partial charge in [-0.2, -0.15) is 4.31 Å². The number of halogens is 1. The molecule has 1 aliphatic heterocycles. The number of carbonyl (C=O) groups is 2. The van der Waals surface area contributed by atoms with Crippen LogP contribution >= 0.6 is 11.6 Å². The van der Waals surface area contributed by atoms with Gasteiger partial charge in [0, 0.05) is 19.6 Å². The molecule has 1 saturated heterocycles. The zero-order valence-corrected chi connectivity index (χ0v) is 15.8. The van der Waals surface area contributed by atoms with Crippen LogP contribution in [0.2, 0.25) is 5.02 Å². The van der Waals surface area contributed by atoms with Crippen LogP contribution in [-0.4, -0.2) is 60.3 Å². The van der Waals surface area contributed by atoms with Crippen LogP contribution in [0.5, 0.6) is 0 Å². The first-order chi connectivity index (χ1) is 11.6. The van der Waals surface area contributed by atoms with E-state index >= 15 is 0 Å². The maximum absolute atomic E-state index is 12.7. The lowest BCUT2D eigenvalue weighted by molar-refractivity contribution is -0.141. The van der Waals surface area contributed by atoms with E-state index in [4.69, 9.17) is 11.6 Å². The molecule has 1 aliphatic rings. The minimum absolute atomic E-state index is 0.00644. The van der Waals surface area contributed by atoms with Crippen LogP contribution in [0.15, 0.2) is 23.1 Å². The fraction of sp³-hybridized carbons (Fsp3) is 0.500. The molecular formula is C16H21ClN2O5S. The number of aliphatic carboxylic acids is 1. The van der Waals surface area contributed by atoms with E-state index in [2.05, 4.69) is 0 Å². The van der Waals surface area contributed by atoms with E-state index in [-0.39, 0.29) is 21.5 Å². The van der Waals surface area contributed by atoms with Gasteiger partial charge in [-0.1, -0.05) is 11.6 Å². The Hall–Kier alpha value is -1.64. The van der Waals surface area contributed by atoms with Gasteiger partial charge in [0.25, 0.3) is 5.91 Å². The molecule has 1 amide bonds. The molecule has 25 heavy (non-hydrogen) atoms. The summed E-state index contributed by atoms with van der Waals surface area (Å²) in [6.45, 7) is 3.78. The number of amides is 1. The number of sulfonamides is 1. The Labute approximate surface area is 152 Å². The topological polar surface area (TPSA) is 95.0 Å². The highest BCUT2D eigenvalue weighted by Gasteiger charge is 2.35. The first-order valence-corrected chi connectivity index (χ1v) is 9.70. The highest BCUT2D eigenvalue weighted by molar-refractivity contribution is 7.89. The number of carbonyl (C=O) groups excluding carboxylic acids is 1. The number of hydrogen-bond donors (Lipinski definition) is 1. The smallest absolute Gasteiger partial charge is 0.326 e. The summed E-state index contributed by atoms with van der Waals surface area (Å²) in [6.07, 6.45) is 0.946. The number of carboxylic acids is 1. The molecule has 1 N–H and O–H groups in total. The summed E-state index contributed by atoms with van der Waals surface area (Å²) in [4.78, 5) is 25.2. The lowest BCUT2D eigenvalue weighted by Gasteiger charge is -2.23. The monoisotopic (exact) mass is 388 g/mol. The molecule has 9 heteroatoms. The second kappa shape index (κ2) is 7.31. The average molecular weight is 389 g/mol. The molecule has 2 rings (SSSR count). The SMILES string of the molecule is CC(C)N(C)S(=O)(=O)c1ccc(Cl)c(C(=O)N2CCCC2C(=O)O)c1. The average Bonchev–Trinajstić information content (AvgIpc) is 3.03. The van der Waals surface area contributed by atoms with Crippen LogP contribution in [0.3, 0.4) is 0 Å². The lowest BCUT2D eigenvalue weighted by Crippen LogP contribution is -2.40. The van der Waals surface area contributed by atoms with E-state index in [9.17, 15) is 23.1 Å². The third-order valence-corrected chi connectivity index (χ3v) is 6.73. The van der Waals surface area contributed by atoms with Crippen molar-refractivity contribution in [2.75, 3.05) is 13.6 Å². The summed E-state index contributed by atoms with van der Waals surface area (Å²) >= 11 is 6.09. The van der Waals surface area contributed by atoms with E-state index in [1.54, 1.807) is 13.8 Å². The third kappa shape index (κ3) is 3.80. The highest BCUT2D eigenvalue weighted by atomic mass is 35.5. The van der Waals surface area contributed by atoms with E-state index in [1.807, 2.05) is 0 Å². The number of benzene rings is 1. The minimum Gasteiger partial charge on any atom is -0.480 e. The largest absolute Gasteiger partial charge is 0.480 e. The van der Waals surface area contributed by atoms with Crippen molar-refractivity contribution in [2.45, 2.75) is 43.7 Å². The van der Waals surface area contributed by atoms with Gasteiger partial charge in [0.05, 0.1) is 15.5 Å². The molecule has 0 aromatic heterocycles. The minimum atomic E-state index is -3.78. The number of carboxylic acid groups (broad SMARTS) is 1. The summed E-state index contributed by atoms with van der Waals surface area (Å²) in [6, 6.07) is 2.74. The van der Waals surface area contributed by atoms with Gasteiger partial charge in [-0.25, -0.2) is 13.2 Å². The van der Waals surface area contributed by atoms with Gasteiger partial charge in [-0.3, -0.25) is 4.79 Å². The van der Waals surface area contributed by atoms with Crippen molar-refractivity contribution in [1.82, 2.24) is 9.21 Å². The Balaban J connectivity index is 2.43. The lowest BCUT2D eigenvalue weighted by atomic mass is 10.1. The van der Waals surface area contributed by atoms with Crippen molar-refractivity contribution >= 4 is 33.5 Å². The van der Waals surface area contributed by atoms with Crippen molar-refractivity contribution in [3.63, 3.8) is 0 Å². The molecular weight excluding hydrogens is 368 g/mol. The molecule has 0 saturated carbocycles. The van der Waals surface area contributed by atoms with Gasteiger partial charge in [-0.15, -0.1) is 0 Å². The first kappa shape index (κ1) is 19.7. The molecule has 0 spiro atoms. The predicted octanol–water partition coefficient (Wildman–Crippen LogP) is 2.06. The second-order valence-corrected chi connectivity index (χ2v) is 8.66. The Bertz CT molecular complexity index is 794. The highest BCUT2D eigenvalue weighted by Crippen LogP contribution is 2.27. The van der Waals surface area contributed by atoms with E-state index in [0.29, 0.717) is 19.4 Å². The molecule has 1 atom stereocenters. The van der Waals surface area contributed by atoms with E-state index in [0.717, 1.165) is 0 Å². The number of rotatable bonds is 5. The Kier molecular flexibility index (Phi) is 5.75. The molecule has 0 aliphatic carbocycles. The second-order valence-electron chi connectivity index (χ2n) is 6.25. The van der Waals surface area contributed by atoms with Crippen LogP contribution in [0, 0.1) is 0 Å². The predicted molar refractivity (Wildman–Crippen MR) is 93.2 cm³/mol. The van der Waals surface area contributed by atoms with Crippen molar-refractivity contribution in [3.05, 3.63) is 28.8 Å². The van der Waals surface area contributed by atoms with Crippen molar-refractivity contribution in [2.24, 2.45) is 0 Å². The summed E-state index contributed by atoms with van der Waals surface area (Å²) in [7, 11) is -2.32. The molecule has 1 unspecified atom stereocenters. The Morgan fingerprint density at radius 3 is 2.56 bits per heavy atom. The number of likely N-dealkylation sites (tertiary alicyclic amines) is 1. The normalized spacial score (nSPS) is 18.2. The first-order valence-electron chi connectivity index (χ1n) is 7.88. The van der Waals surface area contributed by atoms with Crippen LogP contribution in [0.1, 0.15) is 37.0 Å². The summed E-state index contributed by atoms with van der Waals surface area (Å²) < 4.78 is 26.4. The number of hydrogen-bond acceptors (Lipinski definition) is 4. The Morgan fingerprint density at radius 2 is 2.00 bits per heavy atom. The van der Waals surface area contributed by atoms with E-state index in [1.165, 1.54) is 34.5 Å². The van der Waals surface area contributed by atoms with Gasteiger partial charge in [-0.05, 0) is 44.9 Å². The summed E-state index contributed by atoms with van der Waals surface area (Å²) in [5.41, 5.74) is -0.00644. The molecule has 138 valence electrons. The fourth-order valence-electron chi connectivity index (χ4n) is 2.69. The van der Waals surface area contributed by atoms with Crippen molar-refractivity contribution in [3.8, 4) is 0 Å². The zero-order chi connectivity index (χ0) is 18.9. The maximum atomic E-state index is 12.7. The summed E-state index contributed by atoms with van der Waals surface area (Å²) in [5, 5.41) is 9.33. The van der Waals surface area contributed by atoms with E-state index < -0.39 is 27.9 Å². The van der Waals surface area contributed by atoms with Gasteiger partial charge in [0.15, 0.2) is 0 Å². The Morgan fingerprint density at radius 1 is 1.36 bits per heavy atom. The molecule has 1 aromatic rings. The van der Waals surface area contributed by atoms with Gasteiger partial charge in [0.1, 0.15) is 6.04 Å². The molecule has 0 radical (unpaired) electrons. The van der Waals surface area contributed by atoms with Crippen LogP contribution in [0.25, 0.3) is 0 Å². The maximum Gasteiger partial charge on any atom is 0.326 e. The fourth-order valence-corrected chi connectivity index (χ4v) is 4.29. The zero-order valence-electron chi connectivity index (χ0n) is 14.3. The standard InChI is InChI=1S/C16H21ClN2O5S/c1-10(2)18(3)25(23,24)11-6-7-13(17)12(9-11)15(20)19-8-4-5-14(19)16(21)22/h6-7,9-10,14H,4-5,8H2,1-3H3,(H,21,22). The third-order valence-electron chi connectivity index (χ3n) is 4.37. The van der Waals surface area contributed by atoms with Gasteiger partial charge in [0.2, 0.25) is 10.0 Å². The quantitative estimate of drug-likeness (QED) is 0.833. The molecule has 1 aromatic carbocycles. The van der Waals surface area contributed by atoms with Crippen molar-refractivity contribution in [1.29, 1.82) is 0 Å². The van der Waals surface area contributed by atoms with Gasteiger partial charge < -0.3 is 10.0 Å². The molecule has 1 fully saturated rings. The molecule has 7 nitrogen and oxygen atoms in total. The van der Waals surface area contributed by atoms with Crippen molar-refractivity contribution < 1.29 is 23.1 Å².